The third-order valence-corrected chi connectivity index (χ3v) is 5.55. The predicted octanol–water partition coefficient (Wildman–Crippen LogP) is 2.66. The summed E-state index contributed by atoms with van der Waals surface area (Å²) in [5, 5.41) is 1.16. The van der Waals surface area contributed by atoms with E-state index in [0.717, 1.165) is 36.2 Å². The first-order chi connectivity index (χ1) is 13.3. The van der Waals surface area contributed by atoms with Gasteiger partial charge in [0.2, 0.25) is 12.7 Å². The lowest BCUT2D eigenvalue weighted by Crippen LogP contribution is -2.35. The van der Waals surface area contributed by atoms with Gasteiger partial charge in [-0.3, -0.25) is 0 Å². The van der Waals surface area contributed by atoms with Crippen LogP contribution < -0.4 is 14.4 Å². The van der Waals surface area contributed by atoms with Gasteiger partial charge in [0.25, 0.3) is 0 Å². The van der Waals surface area contributed by atoms with Crippen molar-refractivity contribution >= 4 is 34.3 Å². The van der Waals surface area contributed by atoms with Crippen molar-refractivity contribution in [2.75, 3.05) is 38.0 Å². The highest BCUT2D eigenvalue weighted by atomic mass is 32.1. The molecule has 4 heterocycles. The van der Waals surface area contributed by atoms with Gasteiger partial charge in [0.1, 0.15) is 0 Å². The molecule has 0 bridgehead atoms. The predicted molar refractivity (Wildman–Crippen MR) is 101 cm³/mol. The molecule has 1 fully saturated rings. The number of fused-ring (bicyclic) bond motifs is 1. The summed E-state index contributed by atoms with van der Waals surface area (Å²) in [5.41, 5.74) is 0.967. The topological polar surface area (TPSA) is 69.6 Å². The fourth-order valence-corrected chi connectivity index (χ4v) is 4.07. The number of hydrogen-bond acceptors (Lipinski definition) is 8. The Bertz CT molecular complexity index is 959. The van der Waals surface area contributed by atoms with Crippen molar-refractivity contribution in [2.45, 2.75) is 0 Å². The van der Waals surface area contributed by atoms with E-state index in [0.29, 0.717) is 17.1 Å². The van der Waals surface area contributed by atoms with Gasteiger partial charge in [-0.2, -0.15) is 0 Å². The van der Waals surface area contributed by atoms with Crippen LogP contribution in [0.3, 0.4) is 0 Å². The first kappa shape index (κ1) is 16.3. The number of carbonyl (C=O) groups is 1. The number of rotatable bonds is 3. The van der Waals surface area contributed by atoms with Crippen LogP contribution in [0.5, 0.6) is 11.5 Å². The highest BCUT2D eigenvalue weighted by Gasteiger charge is 2.26. The molecule has 0 N–H and O–H groups in total. The lowest BCUT2D eigenvalue weighted by atomic mass is 10.2. The van der Waals surface area contributed by atoms with Crippen LogP contribution in [0.2, 0.25) is 0 Å². The maximum Gasteiger partial charge on any atom is 0.363 e. The van der Waals surface area contributed by atoms with E-state index in [2.05, 4.69) is 16.0 Å². The number of carbonyl (C=O) groups excluding carboxylic acids is 1. The summed E-state index contributed by atoms with van der Waals surface area (Å²) in [6.45, 7) is 3.43. The van der Waals surface area contributed by atoms with E-state index in [9.17, 15) is 4.79 Å². The fourth-order valence-electron chi connectivity index (χ4n) is 3.07. The van der Waals surface area contributed by atoms with Crippen LogP contribution in [0.25, 0.3) is 6.08 Å². The third kappa shape index (κ3) is 3.17. The molecule has 1 aromatic heterocycles. The Morgan fingerprint density at radius 2 is 1.93 bits per heavy atom. The molecule has 3 aliphatic heterocycles. The number of cyclic esters (lactones) is 1. The van der Waals surface area contributed by atoms with E-state index >= 15 is 0 Å². The highest BCUT2D eigenvalue weighted by molar-refractivity contribution is 7.16. The fraction of sp³-hybridized carbons (Fsp3) is 0.263. The monoisotopic (exact) mass is 384 g/mol. The van der Waals surface area contributed by atoms with Gasteiger partial charge in [-0.25, -0.2) is 9.79 Å². The molecule has 0 unspecified atom stereocenters. The number of benzene rings is 1. The van der Waals surface area contributed by atoms with Crippen molar-refractivity contribution in [3.05, 3.63) is 46.5 Å². The minimum Gasteiger partial charge on any atom is -0.454 e. The van der Waals surface area contributed by atoms with Gasteiger partial charge < -0.3 is 23.8 Å². The van der Waals surface area contributed by atoms with Crippen molar-refractivity contribution in [1.82, 2.24) is 0 Å². The molecule has 1 aromatic carbocycles. The second-order valence-electron chi connectivity index (χ2n) is 6.18. The molecule has 138 valence electrons. The number of esters is 1. The molecule has 7 nitrogen and oxygen atoms in total. The maximum atomic E-state index is 12.2. The molecule has 0 atom stereocenters. The summed E-state index contributed by atoms with van der Waals surface area (Å²) in [7, 11) is 0. The van der Waals surface area contributed by atoms with Crippen LogP contribution in [0, 0.1) is 0 Å². The van der Waals surface area contributed by atoms with Gasteiger partial charge in [-0.15, -0.1) is 11.3 Å². The van der Waals surface area contributed by atoms with Crippen molar-refractivity contribution in [3.8, 4) is 11.5 Å². The molecule has 0 radical (unpaired) electrons. The van der Waals surface area contributed by atoms with Crippen LogP contribution in [0.4, 0.5) is 5.00 Å². The summed E-state index contributed by atoms with van der Waals surface area (Å²) < 4.78 is 21.4. The Hall–Kier alpha value is -2.84. The van der Waals surface area contributed by atoms with Gasteiger partial charge >= 0.3 is 5.97 Å². The average Bonchev–Trinajstić information content (AvgIpc) is 3.43. The van der Waals surface area contributed by atoms with E-state index in [-0.39, 0.29) is 18.4 Å². The number of thiophene rings is 1. The zero-order valence-electron chi connectivity index (χ0n) is 14.3. The van der Waals surface area contributed by atoms with Crippen molar-refractivity contribution in [3.63, 3.8) is 0 Å². The summed E-state index contributed by atoms with van der Waals surface area (Å²) in [6.07, 6.45) is 1.76. The molecule has 3 aliphatic rings. The van der Waals surface area contributed by atoms with Gasteiger partial charge in [-0.05, 0) is 36.4 Å². The summed E-state index contributed by atoms with van der Waals surface area (Å²) in [6, 6.07) is 9.39. The number of morpholine rings is 1. The van der Waals surface area contributed by atoms with Crippen LogP contribution in [0.15, 0.2) is 41.0 Å². The first-order valence-electron chi connectivity index (χ1n) is 8.61. The standard InChI is InChI=1S/C19H16N2O5S/c22-19-14(10-13-2-4-17(27-13)21-5-7-23-8-6-21)20-18(26-19)12-1-3-15-16(9-12)25-11-24-15/h1-4,9-10H,5-8,11H2/b14-10-. The van der Waals surface area contributed by atoms with Crippen LogP contribution in [-0.4, -0.2) is 45.0 Å². The second-order valence-corrected chi connectivity index (χ2v) is 7.27. The van der Waals surface area contributed by atoms with Crippen LogP contribution in [0.1, 0.15) is 10.4 Å². The molecule has 27 heavy (non-hydrogen) atoms. The van der Waals surface area contributed by atoms with Gasteiger partial charge in [-0.1, -0.05) is 0 Å². The number of nitrogens with zero attached hydrogens (tertiary/aromatic N) is 2. The molecular weight excluding hydrogens is 368 g/mol. The quantitative estimate of drug-likeness (QED) is 0.599. The van der Waals surface area contributed by atoms with Crippen molar-refractivity contribution in [1.29, 1.82) is 0 Å². The van der Waals surface area contributed by atoms with E-state index in [1.54, 1.807) is 35.6 Å². The first-order valence-corrected chi connectivity index (χ1v) is 9.43. The smallest absolute Gasteiger partial charge is 0.363 e. The highest BCUT2D eigenvalue weighted by Crippen LogP contribution is 2.34. The Morgan fingerprint density at radius 3 is 2.81 bits per heavy atom. The normalized spacial score (nSPS) is 20.1. The average molecular weight is 384 g/mol. The summed E-state index contributed by atoms with van der Waals surface area (Å²) in [5.74, 6) is 1.12. The van der Waals surface area contributed by atoms with Gasteiger partial charge in [0.05, 0.1) is 18.2 Å². The molecule has 2 aromatic rings. The number of hydrogen-bond donors (Lipinski definition) is 0. The summed E-state index contributed by atoms with van der Waals surface area (Å²) in [4.78, 5) is 19.8. The van der Waals surface area contributed by atoms with Crippen LogP contribution >= 0.6 is 11.3 Å². The molecule has 0 saturated carbocycles. The molecule has 1 saturated heterocycles. The molecule has 0 aliphatic carbocycles. The lowest BCUT2D eigenvalue weighted by Gasteiger charge is -2.27. The van der Waals surface area contributed by atoms with Gasteiger partial charge in [0.15, 0.2) is 17.2 Å². The Morgan fingerprint density at radius 1 is 1.07 bits per heavy atom. The largest absolute Gasteiger partial charge is 0.454 e. The molecule has 5 rings (SSSR count). The molecule has 8 heteroatoms. The van der Waals surface area contributed by atoms with Crippen LogP contribution in [-0.2, 0) is 14.3 Å². The van der Waals surface area contributed by atoms with E-state index in [1.807, 2.05) is 6.07 Å². The second kappa shape index (κ2) is 6.71. The lowest BCUT2D eigenvalue weighted by molar-refractivity contribution is -0.129. The minimum atomic E-state index is -0.455. The van der Waals surface area contributed by atoms with Crippen molar-refractivity contribution in [2.24, 2.45) is 4.99 Å². The zero-order chi connectivity index (χ0) is 18.2. The van der Waals surface area contributed by atoms with Gasteiger partial charge in [0, 0.05) is 23.5 Å². The molecule has 0 spiro atoms. The number of aliphatic imine (C=N–C) groups is 1. The Kier molecular flexibility index (Phi) is 4.06. The number of ether oxygens (including phenoxy) is 4. The molecule has 0 amide bonds. The third-order valence-electron chi connectivity index (χ3n) is 4.45. The molecular formula is C19H16N2O5S. The zero-order valence-corrected chi connectivity index (χ0v) is 15.2. The Labute approximate surface area is 159 Å². The van der Waals surface area contributed by atoms with E-state index in [1.165, 1.54) is 0 Å². The minimum absolute atomic E-state index is 0.195. The van der Waals surface area contributed by atoms with Crippen molar-refractivity contribution < 1.29 is 23.7 Å². The van der Waals surface area contributed by atoms with E-state index in [4.69, 9.17) is 18.9 Å². The Balaban J connectivity index is 1.38. The summed E-state index contributed by atoms with van der Waals surface area (Å²) >= 11 is 1.62. The number of anilines is 1. The SMILES string of the molecule is O=C1OC(c2ccc3c(c2)OCO3)=N/C1=C\c1ccc(N2CCOCC2)s1. The van der Waals surface area contributed by atoms with E-state index < -0.39 is 5.97 Å². The maximum absolute atomic E-state index is 12.2.